The van der Waals surface area contributed by atoms with Crippen molar-refractivity contribution in [1.29, 1.82) is 0 Å². The van der Waals surface area contributed by atoms with Gasteiger partial charge in [0, 0.05) is 61.8 Å². The smallest absolute Gasteiger partial charge is 0.304 e. The van der Waals surface area contributed by atoms with Crippen molar-refractivity contribution in [2.24, 2.45) is 17.8 Å². The predicted octanol–water partition coefficient (Wildman–Crippen LogP) is 5.51. The Labute approximate surface area is 316 Å². The molecule has 3 N–H and O–H groups in total. The van der Waals surface area contributed by atoms with E-state index in [9.17, 15) is 18.9 Å². The normalized spacial score (nSPS) is 31.4. The third kappa shape index (κ3) is 9.14. The highest BCUT2D eigenvalue weighted by Crippen LogP contribution is 2.47. The molecule has 0 aromatic heterocycles. The number of likely N-dealkylation sites (N-methyl/N-ethyl adjacent to an activating group) is 1. The zero-order valence-electron chi connectivity index (χ0n) is 31.0. The Morgan fingerprint density at radius 3 is 2.58 bits per heavy atom. The molecule has 5 aliphatic rings. The number of halogens is 1. The number of aliphatic carboxylic acids is 1. The average Bonchev–Trinajstić information content (AvgIpc) is 3.25. The minimum atomic E-state index is -1.50. The molecular weight excluding hydrogens is 700 g/mol. The predicted molar refractivity (Wildman–Crippen MR) is 207 cm³/mol. The zero-order chi connectivity index (χ0) is 37.0. The molecule has 7 atom stereocenters. The average molecular weight is 757 g/mol. The van der Waals surface area contributed by atoms with Gasteiger partial charge in [-0.2, -0.15) is 0 Å². The lowest BCUT2D eigenvalue weighted by Crippen LogP contribution is -2.49. The van der Waals surface area contributed by atoms with Gasteiger partial charge >= 0.3 is 5.97 Å². The summed E-state index contributed by atoms with van der Waals surface area (Å²) >= 11 is 6.39. The number of nitrogens with zero attached hydrogens (tertiary/aromatic N) is 3. The molecule has 1 saturated carbocycles. The summed E-state index contributed by atoms with van der Waals surface area (Å²) in [5.41, 5.74) is 3.82. The van der Waals surface area contributed by atoms with Crippen LogP contribution in [0.5, 0.6) is 5.75 Å². The van der Waals surface area contributed by atoms with Gasteiger partial charge in [0.2, 0.25) is 0 Å². The van der Waals surface area contributed by atoms with Gasteiger partial charge in [0.1, 0.15) is 16.7 Å². The molecule has 2 fully saturated rings. The van der Waals surface area contributed by atoms with E-state index in [0.717, 1.165) is 107 Å². The first-order chi connectivity index (χ1) is 24.9. The van der Waals surface area contributed by atoms with Crippen molar-refractivity contribution in [3.05, 3.63) is 58.1 Å². The first-order valence-corrected chi connectivity index (χ1v) is 20.8. The molecule has 1 amide bonds. The van der Waals surface area contributed by atoms with E-state index >= 15 is 0 Å². The molecule has 12 heteroatoms. The molecule has 2 aromatic rings. The molecule has 3 heterocycles. The SMILES string of the molecule is CC1CCCC(O)C2CCC2CN2C[C@@]3(CCCc4cc(Cl)ccc43)COc3ccc(cc32)C(=O)NS(=O)C1C.CN1CCN(CCC(=O)O)CC1. The Bertz CT molecular complexity index is 1600. The highest BCUT2D eigenvalue weighted by atomic mass is 35.5. The number of aliphatic hydroxyl groups is 1. The summed E-state index contributed by atoms with van der Waals surface area (Å²) in [5, 5.41) is 20.2. The van der Waals surface area contributed by atoms with Crippen LogP contribution in [0.4, 0.5) is 5.69 Å². The van der Waals surface area contributed by atoms with Crippen molar-refractivity contribution in [2.45, 2.75) is 88.4 Å². The van der Waals surface area contributed by atoms with E-state index in [-0.39, 0.29) is 40.9 Å². The molecule has 1 saturated heterocycles. The van der Waals surface area contributed by atoms with Crippen LogP contribution in [0.2, 0.25) is 5.02 Å². The Morgan fingerprint density at radius 2 is 1.85 bits per heavy atom. The summed E-state index contributed by atoms with van der Waals surface area (Å²) in [6, 6.07) is 11.9. The number of amides is 1. The summed E-state index contributed by atoms with van der Waals surface area (Å²) in [5.74, 6) is 0.603. The minimum Gasteiger partial charge on any atom is -0.490 e. The summed E-state index contributed by atoms with van der Waals surface area (Å²) < 4.78 is 22.4. The summed E-state index contributed by atoms with van der Waals surface area (Å²) in [4.78, 5) is 30.4. The topological polar surface area (TPSA) is 123 Å². The second-order valence-corrected chi connectivity index (χ2v) is 18.0. The van der Waals surface area contributed by atoms with Crippen molar-refractivity contribution in [3.8, 4) is 5.75 Å². The van der Waals surface area contributed by atoms with Gasteiger partial charge in [-0.25, -0.2) is 4.21 Å². The lowest BCUT2D eigenvalue weighted by atomic mass is 9.68. The second kappa shape index (κ2) is 17.2. The highest BCUT2D eigenvalue weighted by Gasteiger charge is 2.44. The lowest BCUT2D eigenvalue weighted by Gasteiger charge is -2.46. The van der Waals surface area contributed by atoms with Crippen molar-refractivity contribution in [2.75, 3.05) is 64.4 Å². The fraction of sp³-hybridized carbons (Fsp3) is 0.650. The molecule has 3 aliphatic heterocycles. The quantitative estimate of drug-likeness (QED) is 0.372. The second-order valence-electron chi connectivity index (χ2n) is 16.0. The summed E-state index contributed by atoms with van der Waals surface area (Å²) in [6.07, 6.45) is 7.74. The zero-order valence-corrected chi connectivity index (χ0v) is 32.6. The van der Waals surface area contributed by atoms with Gasteiger partial charge in [-0.1, -0.05) is 31.0 Å². The van der Waals surface area contributed by atoms with Gasteiger partial charge in [-0.05, 0) is 118 Å². The van der Waals surface area contributed by atoms with Crippen LogP contribution in [0.25, 0.3) is 0 Å². The van der Waals surface area contributed by atoms with Gasteiger partial charge < -0.3 is 29.6 Å². The molecule has 0 radical (unpaired) electrons. The number of fused-ring (bicyclic) bond motifs is 4. The molecular formula is C40H57ClN4O6S. The molecule has 1 spiro atoms. The third-order valence-electron chi connectivity index (χ3n) is 12.5. The van der Waals surface area contributed by atoms with E-state index in [2.05, 4.69) is 45.5 Å². The van der Waals surface area contributed by atoms with E-state index in [4.69, 9.17) is 21.4 Å². The standard InChI is InChI=1S/C32H41ClN2O4S.C8H16N2O2/c1-20-5-3-7-29(36)26-11-8-24(26)17-35-18-32(14-4-6-22-15-25(33)10-12-27(22)32)19-39-30-13-9-23(16-28(30)35)31(37)34-40(38)21(20)2;1-9-4-6-10(7-5-9)3-2-8(11)12/h9-10,12-13,15-16,20-21,24,26,29,36H,3-8,11,14,17-19H2,1-2H3,(H,34,37);2-7H2,1H3,(H,11,12)/t20?,21?,24?,26?,29?,32-,40?;/m0./s1. The van der Waals surface area contributed by atoms with Crippen LogP contribution in [-0.4, -0.2) is 107 Å². The number of anilines is 1. The number of piperazine rings is 1. The first kappa shape index (κ1) is 39.0. The largest absolute Gasteiger partial charge is 0.490 e. The van der Waals surface area contributed by atoms with Crippen LogP contribution in [0.15, 0.2) is 36.4 Å². The molecule has 6 unspecified atom stereocenters. The third-order valence-corrected chi connectivity index (χ3v) is 14.2. The first-order valence-electron chi connectivity index (χ1n) is 19.3. The summed E-state index contributed by atoms with van der Waals surface area (Å²) in [6.45, 7) is 11.0. The van der Waals surface area contributed by atoms with Crippen LogP contribution in [-0.2, 0) is 27.6 Å². The number of hydrogen-bond donors (Lipinski definition) is 3. The number of ether oxygens (including phenoxy) is 1. The number of aryl methyl sites for hydroxylation is 1. The lowest BCUT2D eigenvalue weighted by molar-refractivity contribution is -0.137. The van der Waals surface area contributed by atoms with Gasteiger partial charge in [-0.3, -0.25) is 14.3 Å². The van der Waals surface area contributed by atoms with Crippen molar-refractivity contribution in [1.82, 2.24) is 14.5 Å². The van der Waals surface area contributed by atoms with E-state index in [0.29, 0.717) is 24.6 Å². The maximum absolute atomic E-state index is 13.3. The van der Waals surface area contributed by atoms with E-state index in [1.807, 2.05) is 25.1 Å². The van der Waals surface area contributed by atoms with Crippen LogP contribution in [0.3, 0.4) is 0 Å². The van der Waals surface area contributed by atoms with Crippen LogP contribution in [0, 0.1) is 17.8 Å². The molecule has 2 bridgehead atoms. The molecule has 2 aliphatic carbocycles. The Kier molecular flexibility index (Phi) is 12.9. The maximum atomic E-state index is 13.3. The molecule has 2 aromatic carbocycles. The Balaban J connectivity index is 0.000000330. The number of nitrogens with one attached hydrogen (secondary N) is 1. The fourth-order valence-corrected chi connectivity index (χ4v) is 9.98. The van der Waals surface area contributed by atoms with Crippen LogP contribution >= 0.6 is 11.6 Å². The number of carbonyl (C=O) groups is 2. The van der Waals surface area contributed by atoms with E-state index < -0.39 is 17.0 Å². The van der Waals surface area contributed by atoms with Gasteiger partial charge in [-0.15, -0.1) is 0 Å². The molecule has 7 rings (SSSR count). The van der Waals surface area contributed by atoms with Crippen LogP contribution < -0.4 is 14.4 Å². The van der Waals surface area contributed by atoms with Crippen molar-refractivity contribution in [3.63, 3.8) is 0 Å². The number of aliphatic hydroxyl groups excluding tert-OH is 1. The van der Waals surface area contributed by atoms with E-state index in [1.54, 1.807) is 6.07 Å². The number of carboxylic acids is 1. The Morgan fingerprint density at radius 1 is 1.06 bits per heavy atom. The van der Waals surface area contributed by atoms with Crippen molar-refractivity contribution < 1.29 is 28.7 Å². The molecule has 10 nitrogen and oxygen atoms in total. The van der Waals surface area contributed by atoms with Crippen molar-refractivity contribution >= 4 is 40.2 Å². The van der Waals surface area contributed by atoms with Gasteiger partial charge in [0.05, 0.1) is 30.1 Å². The maximum Gasteiger partial charge on any atom is 0.304 e. The molecule has 52 heavy (non-hydrogen) atoms. The minimum absolute atomic E-state index is 0.175. The molecule has 286 valence electrons. The number of rotatable bonds is 3. The fourth-order valence-electron chi connectivity index (χ4n) is 8.74. The van der Waals surface area contributed by atoms with Crippen LogP contribution in [0.1, 0.15) is 86.7 Å². The highest BCUT2D eigenvalue weighted by molar-refractivity contribution is 7.84. The van der Waals surface area contributed by atoms with E-state index in [1.165, 1.54) is 11.1 Å². The number of carbonyl (C=O) groups excluding carboxylic acids is 1. The number of carboxylic acid groups (broad SMARTS) is 1. The summed E-state index contributed by atoms with van der Waals surface area (Å²) in [7, 11) is 0.595. The monoisotopic (exact) mass is 756 g/mol. The van der Waals surface area contributed by atoms with Gasteiger partial charge in [0.15, 0.2) is 0 Å². The number of hydrogen-bond acceptors (Lipinski definition) is 8. The Hall–Kier alpha value is -2.70. The number of benzene rings is 2. The van der Waals surface area contributed by atoms with Gasteiger partial charge in [0.25, 0.3) is 5.91 Å².